The predicted octanol–water partition coefficient (Wildman–Crippen LogP) is 4.23. The maximum Gasteiger partial charge on any atom is 0.206 e. The Bertz CT molecular complexity index is 769. The summed E-state index contributed by atoms with van der Waals surface area (Å²) < 4.78 is 13.7. The molecular formula is C18H14FNO. The van der Waals surface area contributed by atoms with E-state index in [2.05, 4.69) is 0 Å². The van der Waals surface area contributed by atoms with E-state index in [-0.39, 0.29) is 11.1 Å². The Labute approximate surface area is 123 Å². The van der Waals surface area contributed by atoms with Crippen molar-refractivity contribution in [1.29, 1.82) is 5.26 Å². The first kappa shape index (κ1) is 14.7. The van der Waals surface area contributed by atoms with E-state index in [1.54, 1.807) is 6.07 Å². The fourth-order valence-electron chi connectivity index (χ4n) is 2.01. The summed E-state index contributed by atoms with van der Waals surface area (Å²) in [5, 5.41) is 9.21. The minimum Gasteiger partial charge on any atom is -0.288 e. The number of carbonyl (C=O) groups is 1. The molecule has 0 N–H and O–H groups in total. The zero-order chi connectivity index (χ0) is 15.4. The van der Waals surface area contributed by atoms with Gasteiger partial charge >= 0.3 is 0 Å². The van der Waals surface area contributed by atoms with Crippen LogP contribution in [-0.4, -0.2) is 5.78 Å². The van der Waals surface area contributed by atoms with Gasteiger partial charge in [0.2, 0.25) is 5.78 Å². The number of benzene rings is 2. The summed E-state index contributed by atoms with van der Waals surface area (Å²) in [5.74, 6) is -1.22. The lowest BCUT2D eigenvalue weighted by atomic mass is 9.98. The molecule has 2 aromatic rings. The molecule has 0 radical (unpaired) electrons. The minimum absolute atomic E-state index is 0.0752. The van der Waals surface area contributed by atoms with E-state index in [0.717, 1.165) is 16.7 Å². The first-order chi connectivity index (χ1) is 10.0. The third-order valence-corrected chi connectivity index (χ3v) is 3.22. The van der Waals surface area contributed by atoms with E-state index in [0.29, 0.717) is 0 Å². The molecule has 2 aromatic carbocycles. The molecule has 0 aromatic heterocycles. The Hall–Kier alpha value is -2.73. The van der Waals surface area contributed by atoms with Crippen LogP contribution in [0.15, 0.2) is 48.0 Å². The van der Waals surface area contributed by atoms with E-state index in [4.69, 9.17) is 0 Å². The molecule has 21 heavy (non-hydrogen) atoms. The molecule has 0 amide bonds. The number of aryl methyl sites for hydroxylation is 2. The van der Waals surface area contributed by atoms with E-state index in [9.17, 15) is 14.4 Å². The molecule has 0 bridgehead atoms. The second-order valence-corrected chi connectivity index (χ2v) is 4.84. The number of halogens is 1. The summed E-state index contributed by atoms with van der Waals surface area (Å²) in [7, 11) is 0. The van der Waals surface area contributed by atoms with E-state index in [1.165, 1.54) is 24.3 Å². The van der Waals surface area contributed by atoms with Crippen LogP contribution in [0.3, 0.4) is 0 Å². The van der Waals surface area contributed by atoms with Gasteiger partial charge in [-0.1, -0.05) is 35.9 Å². The summed E-state index contributed by atoms with van der Waals surface area (Å²) in [4.78, 5) is 12.3. The fraction of sp³-hybridized carbons (Fsp3) is 0.111. The molecular weight excluding hydrogens is 265 g/mol. The highest BCUT2D eigenvalue weighted by molar-refractivity contribution is 6.14. The number of allylic oxidation sites excluding steroid dienone is 1. The van der Waals surface area contributed by atoms with Gasteiger partial charge < -0.3 is 0 Å². The topological polar surface area (TPSA) is 40.9 Å². The first-order valence-electron chi connectivity index (χ1n) is 6.51. The van der Waals surface area contributed by atoms with Crippen LogP contribution in [0.1, 0.15) is 27.0 Å². The summed E-state index contributed by atoms with van der Waals surface area (Å²) >= 11 is 0. The zero-order valence-electron chi connectivity index (χ0n) is 11.9. The molecule has 0 atom stereocenters. The number of nitriles is 1. The van der Waals surface area contributed by atoms with Gasteiger partial charge in [0, 0.05) is 0 Å². The van der Waals surface area contributed by atoms with Gasteiger partial charge in [0.1, 0.15) is 17.5 Å². The average molecular weight is 279 g/mol. The molecule has 104 valence electrons. The first-order valence-corrected chi connectivity index (χ1v) is 6.51. The van der Waals surface area contributed by atoms with Crippen molar-refractivity contribution in [3.63, 3.8) is 0 Å². The molecule has 0 unspecified atom stereocenters. The van der Waals surface area contributed by atoms with Crippen LogP contribution in [0.25, 0.3) is 6.08 Å². The predicted molar refractivity (Wildman–Crippen MR) is 80.2 cm³/mol. The molecule has 2 nitrogen and oxygen atoms in total. The van der Waals surface area contributed by atoms with Crippen LogP contribution < -0.4 is 0 Å². The maximum atomic E-state index is 13.7. The molecule has 2 rings (SSSR count). The number of nitrogens with zero attached hydrogens (tertiary/aromatic N) is 1. The molecule has 0 saturated heterocycles. The van der Waals surface area contributed by atoms with E-state index >= 15 is 0 Å². The lowest BCUT2D eigenvalue weighted by molar-refractivity contribution is 0.103. The number of Topliss-reactive ketones (excluding diaryl/α,β-unsaturated/α-hetero) is 1. The molecule has 0 saturated carbocycles. The second kappa shape index (κ2) is 6.15. The number of ketones is 1. The zero-order valence-corrected chi connectivity index (χ0v) is 11.9. The highest BCUT2D eigenvalue weighted by atomic mass is 19.1. The van der Waals surface area contributed by atoms with Crippen LogP contribution >= 0.6 is 0 Å². The Balaban J connectivity index is 2.47. The van der Waals surface area contributed by atoms with Gasteiger partial charge in [-0.25, -0.2) is 4.39 Å². The van der Waals surface area contributed by atoms with Gasteiger partial charge in [0.15, 0.2) is 0 Å². The van der Waals surface area contributed by atoms with Crippen molar-refractivity contribution < 1.29 is 9.18 Å². The van der Waals surface area contributed by atoms with E-state index < -0.39 is 11.6 Å². The van der Waals surface area contributed by atoms with Crippen LogP contribution in [0.2, 0.25) is 0 Å². The standard InChI is InChI=1S/C18H14FNO/c1-12-7-8-13(2)14(9-12)10-15(11-20)18(21)16-5-3-4-6-17(16)19/h3-10H,1-2H3/b15-10+. The lowest BCUT2D eigenvalue weighted by Gasteiger charge is -2.04. The van der Waals surface area contributed by atoms with Crippen molar-refractivity contribution in [2.24, 2.45) is 0 Å². The summed E-state index contributed by atoms with van der Waals surface area (Å²) in [5.41, 5.74) is 2.61. The molecule has 0 heterocycles. The van der Waals surface area contributed by atoms with Gasteiger partial charge in [0.25, 0.3) is 0 Å². The second-order valence-electron chi connectivity index (χ2n) is 4.84. The number of hydrogen-bond donors (Lipinski definition) is 0. The van der Waals surface area contributed by atoms with Crippen LogP contribution in [0, 0.1) is 31.0 Å². The van der Waals surface area contributed by atoms with Gasteiger partial charge in [-0.3, -0.25) is 4.79 Å². The third kappa shape index (κ3) is 3.24. The van der Waals surface area contributed by atoms with Crippen molar-refractivity contribution in [3.8, 4) is 6.07 Å². The van der Waals surface area contributed by atoms with Gasteiger partial charge in [-0.05, 0) is 43.2 Å². The van der Waals surface area contributed by atoms with Crippen LogP contribution in [-0.2, 0) is 0 Å². The normalized spacial score (nSPS) is 11.0. The van der Waals surface area contributed by atoms with Crippen molar-refractivity contribution >= 4 is 11.9 Å². The molecule has 0 aliphatic rings. The Morgan fingerprint density at radius 1 is 1.19 bits per heavy atom. The molecule has 3 heteroatoms. The smallest absolute Gasteiger partial charge is 0.206 e. The molecule has 0 fully saturated rings. The number of carbonyl (C=O) groups excluding carboxylic acids is 1. The van der Waals surface area contributed by atoms with Gasteiger partial charge in [-0.15, -0.1) is 0 Å². The number of hydrogen-bond acceptors (Lipinski definition) is 2. The largest absolute Gasteiger partial charge is 0.288 e. The number of rotatable bonds is 3. The van der Waals surface area contributed by atoms with E-state index in [1.807, 2.05) is 38.1 Å². The summed E-state index contributed by atoms with van der Waals surface area (Å²) in [6.07, 6.45) is 1.51. The van der Waals surface area contributed by atoms with Crippen molar-refractivity contribution in [2.75, 3.05) is 0 Å². The van der Waals surface area contributed by atoms with Crippen molar-refractivity contribution in [2.45, 2.75) is 13.8 Å². The summed E-state index contributed by atoms with van der Waals surface area (Å²) in [6.45, 7) is 3.83. The lowest BCUT2D eigenvalue weighted by Crippen LogP contribution is -2.04. The van der Waals surface area contributed by atoms with Gasteiger partial charge in [-0.2, -0.15) is 5.26 Å². The van der Waals surface area contributed by atoms with Gasteiger partial charge in [0.05, 0.1) is 5.56 Å². The highest BCUT2D eigenvalue weighted by Crippen LogP contribution is 2.18. The van der Waals surface area contributed by atoms with Crippen molar-refractivity contribution in [1.82, 2.24) is 0 Å². The Morgan fingerprint density at radius 3 is 2.57 bits per heavy atom. The molecule has 0 aliphatic heterocycles. The van der Waals surface area contributed by atoms with Crippen LogP contribution in [0.4, 0.5) is 4.39 Å². The minimum atomic E-state index is -0.621. The molecule has 0 aliphatic carbocycles. The third-order valence-electron chi connectivity index (χ3n) is 3.22. The van der Waals surface area contributed by atoms with Crippen LogP contribution in [0.5, 0.6) is 0 Å². The highest BCUT2D eigenvalue weighted by Gasteiger charge is 2.16. The maximum absolute atomic E-state index is 13.7. The van der Waals surface area contributed by atoms with Crippen molar-refractivity contribution in [3.05, 3.63) is 76.1 Å². The Kier molecular flexibility index (Phi) is 4.30. The quantitative estimate of drug-likeness (QED) is 0.479. The monoisotopic (exact) mass is 279 g/mol. The molecule has 0 spiro atoms. The average Bonchev–Trinajstić information content (AvgIpc) is 2.48. The Morgan fingerprint density at radius 2 is 1.90 bits per heavy atom. The summed E-state index contributed by atoms with van der Waals surface area (Å²) in [6, 6.07) is 13.3. The SMILES string of the molecule is Cc1ccc(C)c(/C=C(\C#N)C(=O)c2ccccc2F)c1. The fourth-order valence-corrected chi connectivity index (χ4v) is 2.01.